The Kier molecular flexibility index (Phi) is 7.56. The minimum atomic E-state index is -0.652. The van der Waals surface area contributed by atoms with Crippen molar-refractivity contribution in [1.29, 1.82) is 0 Å². The average Bonchev–Trinajstić information content (AvgIpc) is 2.49. The molecule has 0 radical (unpaired) electrons. The van der Waals surface area contributed by atoms with E-state index in [9.17, 15) is 4.79 Å². The van der Waals surface area contributed by atoms with Gasteiger partial charge in [0.2, 0.25) is 0 Å². The number of carbonyl (C=O) groups excluding carboxylic acids is 1. The Morgan fingerprint density at radius 2 is 2.14 bits per heavy atom. The molecule has 0 fully saturated rings. The van der Waals surface area contributed by atoms with Crippen LogP contribution in [-0.4, -0.2) is 44.0 Å². The lowest BCUT2D eigenvalue weighted by Gasteiger charge is -2.17. The highest BCUT2D eigenvalue weighted by molar-refractivity contribution is 5.80. The Morgan fingerprint density at radius 3 is 2.76 bits per heavy atom. The molecular weight excluding hydrogens is 274 g/mol. The Hall–Kier alpha value is -1.79. The second-order valence-corrected chi connectivity index (χ2v) is 4.42. The average molecular weight is 297 g/mol. The van der Waals surface area contributed by atoms with Crippen LogP contribution in [0.1, 0.15) is 19.4 Å². The van der Waals surface area contributed by atoms with Gasteiger partial charge >= 0.3 is 0 Å². The molecule has 0 heterocycles. The van der Waals surface area contributed by atoms with Gasteiger partial charge in [0.15, 0.2) is 17.6 Å². The van der Waals surface area contributed by atoms with Crippen LogP contribution in [0.2, 0.25) is 0 Å². The van der Waals surface area contributed by atoms with Crippen molar-refractivity contribution in [2.24, 2.45) is 0 Å². The third kappa shape index (κ3) is 5.61. The van der Waals surface area contributed by atoms with Crippen molar-refractivity contribution in [3.63, 3.8) is 0 Å². The first-order valence-corrected chi connectivity index (χ1v) is 6.92. The molecule has 0 aliphatic rings. The summed E-state index contributed by atoms with van der Waals surface area (Å²) in [5.74, 6) is 0.768. The highest BCUT2D eigenvalue weighted by Gasteiger charge is 2.16. The van der Waals surface area contributed by atoms with Crippen LogP contribution in [0.25, 0.3) is 0 Å². The van der Waals surface area contributed by atoms with Crippen molar-refractivity contribution >= 4 is 5.91 Å². The summed E-state index contributed by atoms with van der Waals surface area (Å²) in [6.45, 7) is 4.81. The van der Waals surface area contributed by atoms with Gasteiger partial charge < -0.3 is 24.6 Å². The largest absolute Gasteiger partial charge is 0.490 e. The van der Waals surface area contributed by atoms with Gasteiger partial charge in [-0.3, -0.25) is 4.79 Å². The number of rotatable bonds is 9. The van der Waals surface area contributed by atoms with Crippen LogP contribution in [0.4, 0.5) is 0 Å². The number of methoxy groups -OCH3 is 1. The predicted molar refractivity (Wildman–Crippen MR) is 78.5 cm³/mol. The summed E-state index contributed by atoms with van der Waals surface area (Å²) in [6, 6.07) is 5.12. The van der Waals surface area contributed by atoms with Gasteiger partial charge in [-0.05, 0) is 31.5 Å². The first-order valence-electron chi connectivity index (χ1n) is 6.92. The van der Waals surface area contributed by atoms with E-state index in [0.29, 0.717) is 31.3 Å². The molecule has 1 aromatic carbocycles. The highest BCUT2D eigenvalue weighted by atomic mass is 16.5. The van der Waals surface area contributed by atoms with Gasteiger partial charge in [-0.25, -0.2) is 0 Å². The SMILES string of the molecule is CCOc1cc(CO)ccc1OC(C)C(=O)NCCOC. The van der Waals surface area contributed by atoms with Crippen LogP contribution in [-0.2, 0) is 16.1 Å². The van der Waals surface area contributed by atoms with Crippen molar-refractivity contribution in [2.45, 2.75) is 26.6 Å². The van der Waals surface area contributed by atoms with Crippen LogP contribution >= 0.6 is 0 Å². The van der Waals surface area contributed by atoms with Crippen molar-refractivity contribution in [1.82, 2.24) is 5.32 Å². The van der Waals surface area contributed by atoms with Crippen molar-refractivity contribution in [3.8, 4) is 11.5 Å². The summed E-state index contributed by atoms with van der Waals surface area (Å²) >= 11 is 0. The first-order chi connectivity index (χ1) is 10.1. The van der Waals surface area contributed by atoms with E-state index in [1.54, 1.807) is 32.2 Å². The van der Waals surface area contributed by atoms with Gasteiger partial charge in [0.25, 0.3) is 5.91 Å². The topological polar surface area (TPSA) is 77.0 Å². The minimum absolute atomic E-state index is 0.0760. The molecule has 0 bridgehead atoms. The van der Waals surface area contributed by atoms with E-state index < -0.39 is 6.10 Å². The summed E-state index contributed by atoms with van der Waals surface area (Å²) in [7, 11) is 1.57. The lowest BCUT2D eigenvalue weighted by molar-refractivity contribution is -0.127. The molecule has 1 atom stereocenters. The molecule has 1 aromatic rings. The number of hydrogen-bond acceptors (Lipinski definition) is 5. The molecule has 6 heteroatoms. The molecule has 1 amide bonds. The number of nitrogens with one attached hydrogen (secondary N) is 1. The summed E-state index contributed by atoms with van der Waals surface area (Å²) in [6.07, 6.45) is -0.652. The van der Waals surface area contributed by atoms with Crippen LogP contribution in [0.5, 0.6) is 11.5 Å². The van der Waals surface area contributed by atoms with Crippen LogP contribution < -0.4 is 14.8 Å². The van der Waals surface area contributed by atoms with E-state index in [1.165, 1.54) is 0 Å². The molecular formula is C15H23NO5. The normalized spacial score (nSPS) is 11.8. The van der Waals surface area contributed by atoms with Gasteiger partial charge in [0.05, 0.1) is 19.8 Å². The standard InChI is InChI=1S/C15H23NO5/c1-4-20-14-9-12(10-17)5-6-13(14)21-11(2)15(18)16-7-8-19-3/h5-6,9,11,17H,4,7-8,10H2,1-3H3,(H,16,18). The van der Waals surface area contributed by atoms with E-state index in [-0.39, 0.29) is 12.5 Å². The fourth-order valence-corrected chi connectivity index (χ4v) is 1.68. The molecule has 0 aliphatic heterocycles. The van der Waals surface area contributed by atoms with Gasteiger partial charge in [0, 0.05) is 13.7 Å². The molecule has 6 nitrogen and oxygen atoms in total. The number of hydrogen-bond donors (Lipinski definition) is 2. The molecule has 21 heavy (non-hydrogen) atoms. The number of ether oxygens (including phenoxy) is 3. The highest BCUT2D eigenvalue weighted by Crippen LogP contribution is 2.29. The second-order valence-electron chi connectivity index (χ2n) is 4.42. The summed E-state index contributed by atoms with van der Waals surface area (Å²) < 4.78 is 16.0. The molecule has 1 unspecified atom stereocenters. The summed E-state index contributed by atoms with van der Waals surface area (Å²) in [4.78, 5) is 11.8. The van der Waals surface area contributed by atoms with Crippen LogP contribution in [0, 0.1) is 0 Å². The zero-order valence-electron chi connectivity index (χ0n) is 12.7. The summed E-state index contributed by atoms with van der Waals surface area (Å²) in [5.41, 5.74) is 0.725. The fraction of sp³-hybridized carbons (Fsp3) is 0.533. The number of carbonyl (C=O) groups is 1. The van der Waals surface area contributed by atoms with E-state index in [2.05, 4.69) is 5.32 Å². The molecule has 118 valence electrons. The maximum absolute atomic E-state index is 11.8. The molecule has 2 N–H and O–H groups in total. The lowest BCUT2D eigenvalue weighted by atomic mass is 10.2. The van der Waals surface area contributed by atoms with Crippen molar-refractivity contribution in [3.05, 3.63) is 23.8 Å². The Balaban J connectivity index is 2.69. The molecule has 0 spiro atoms. The second kappa shape index (κ2) is 9.20. The van der Waals surface area contributed by atoms with Crippen molar-refractivity contribution in [2.75, 3.05) is 26.9 Å². The monoisotopic (exact) mass is 297 g/mol. The first kappa shape index (κ1) is 17.3. The molecule has 0 saturated heterocycles. The maximum Gasteiger partial charge on any atom is 0.260 e. The zero-order chi connectivity index (χ0) is 15.7. The van der Waals surface area contributed by atoms with E-state index in [1.807, 2.05) is 6.92 Å². The third-order valence-corrected chi connectivity index (χ3v) is 2.77. The Labute approximate surface area is 125 Å². The summed E-state index contributed by atoms with van der Waals surface area (Å²) in [5, 5.41) is 11.8. The number of aliphatic hydroxyl groups is 1. The number of benzene rings is 1. The van der Waals surface area contributed by atoms with E-state index in [0.717, 1.165) is 5.56 Å². The lowest BCUT2D eigenvalue weighted by Crippen LogP contribution is -2.38. The Morgan fingerprint density at radius 1 is 1.38 bits per heavy atom. The quantitative estimate of drug-likeness (QED) is 0.668. The van der Waals surface area contributed by atoms with E-state index >= 15 is 0 Å². The molecule has 0 aromatic heterocycles. The predicted octanol–water partition coefficient (Wildman–Crippen LogP) is 1.11. The van der Waals surface area contributed by atoms with Crippen LogP contribution in [0.3, 0.4) is 0 Å². The zero-order valence-corrected chi connectivity index (χ0v) is 12.7. The minimum Gasteiger partial charge on any atom is -0.490 e. The van der Waals surface area contributed by atoms with Gasteiger partial charge in [0.1, 0.15) is 0 Å². The number of aliphatic hydroxyl groups excluding tert-OH is 1. The number of amides is 1. The fourth-order valence-electron chi connectivity index (χ4n) is 1.68. The molecule has 0 aliphatic carbocycles. The van der Waals surface area contributed by atoms with Crippen molar-refractivity contribution < 1.29 is 24.1 Å². The smallest absolute Gasteiger partial charge is 0.260 e. The Bertz CT molecular complexity index is 450. The molecule has 0 saturated carbocycles. The van der Waals surface area contributed by atoms with Gasteiger partial charge in [-0.1, -0.05) is 6.07 Å². The molecule has 1 rings (SSSR count). The van der Waals surface area contributed by atoms with Gasteiger partial charge in [-0.15, -0.1) is 0 Å². The maximum atomic E-state index is 11.8. The van der Waals surface area contributed by atoms with Crippen LogP contribution in [0.15, 0.2) is 18.2 Å². The van der Waals surface area contributed by atoms with Gasteiger partial charge in [-0.2, -0.15) is 0 Å². The van der Waals surface area contributed by atoms with E-state index in [4.69, 9.17) is 19.3 Å². The third-order valence-electron chi connectivity index (χ3n) is 2.77.